The van der Waals surface area contributed by atoms with Crippen LogP contribution < -0.4 is 0 Å². The monoisotopic (exact) mass is 249 g/mol. The second-order valence-electron chi connectivity index (χ2n) is 4.46. The number of aromatic nitrogens is 5. The van der Waals surface area contributed by atoms with Crippen LogP contribution in [0.25, 0.3) is 0 Å². The van der Waals surface area contributed by atoms with Crippen molar-refractivity contribution < 1.29 is 9.90 Å². The van der Waals surface area contributed by atoms with Crippen LogP contribution in [0.2, 0.25) is 0 Å². The molecular formula is C11H15N5O2. The van der Waals surface area contributed by atoms with E-state index in [9.17, 15) is 4.79 Å². The predicted octanol–water partition coefficient (Wildman–Crippen LogP) is 0.881. The quantitative estimate of drug-likeness (QED) is 0.869. The Morgan fingerprint density at radius 1 is 1.50 bits per heavy atom. The van der Waals surface area contributed by atoms with Gasteiger partial charge >= 0.3 is 5.97 Å². The Morgan fingerprint density at radius 2 is 2.22 bits per heavy atom. The molecule has 7 nitrogen and oxygen atoms in total. The summed E-state index contributed by atoms with van der Waals surface area (Å²) in [7, 11) is 1.83. The molecule has 0 atom stereocenters. The largest absolute Gasteiger partial charge is 0.476 e. The van der Waals surface area contributed by atoms with Crippen molar-refractivity contribution in [1.82, 2.24) is 24.8 Å². The lowest BCUT2D eigenvalue weighted by molar-refractivity contribution is 0.0688. The first-order valence-corrected chi connectivity index (χ1v) is 5.63. The highest BCUT2D eigenvalue weighted by Crippen LogP contribution is 2.18. The SMILES string of the molecule is CC(C)c1c(C(=O)O)nnn1Cc1cnn(C)c1. The Balaban J connectivity index is 2.36. The van der Waals surface area contributed by atoms with E-state index in [-0.39, 0.29) is 11.6 Å². The summed E-state index contributed by atoms with van der Waals surface area (Å²) >= 11 is 0. The number of carboxylic acid groups (broad SMARTS) is 1. The summed E-state index contributed by atoms with van der Waals surface area (Å²) in [5.74, 6) is -1.00. The Morgan fingerprint density at radius 3 is 2.72 bits per heavy atom. The molecule has 0 aromatic carbocycles. The molecule has 2 aromatic rings. The number of carboxylic acids is 1. The second-order valence-corrected chi connectivity index (χ2v) is 4.46. The van der Waals surface area contributed by atoms with Crippen molar-refractivity contribution in [2.75, 3.05) is 0 Å². The van der Waals surface area contributed by atoms with Crippen LogP contribution in [0, 0.1) is 0 Å². The lowest BCUT2D eigenvalue weighted by atomic mass is 10.1. The summed E-state index contributed by atoms with van der Waals surface area (Å²) in [4.78, 5) is 11.1. The molecule has 0 unspecified atom stereocenters. The van der Waals surface area contributed by atoms with Gasteiger partial charge in [0.25, 0.3) is 0 Å². The minimum absolute atomic E-state index is 0.0221. The lowest BCUT2D eigenvalue weighted by Crippen LogP contribution is -2.10. The fraction of sp³-hybridized carbons (Fsp3) is 0.455. The standard InChI is InChI=1S/C11H15N5O2/c1-7(2)10-9(11(17)18)13-14-16(10)6-8-4-12-15(3)5-8/h4-5,7H,6H2,1-3H3,(H,17,18). The molecule has 1 N–H and O–H groups in total. The molecule has 0 radical (unpaired) electrons. The van der Waals surface area contributed by atoms with E-state index in [4.69, 9.17) is 5.11 Å². The molecule has 96 valence electrons. The lowest BCUT2D eigenvalue weighted by Gasteiger charge is -2.08. The van der Waals surface area contributed by atoms with Crippen LogP contribution >= 0.6 is 0 Å². The number of nitrogens with zero attached hydrogens (tertiary/aromatic N) is 5. The van der Waals surface area contributed by atoms with Crippen molar-refractivity contribution in [2.24, 2.45) is 7.05 Å². The minimum atomic E-state index is -1.05. The molecule has 0 aliphatic carbocycles. The molecule has 2 aromatic heterocycles. The van der Waals surface area contributed by atoms with Crippen LogP contribution in [0.5, 0.6) is 0 Å². The Labute approximate surface area is 104 Å². The van der Waals surface area contributed by atoms with Crippen molar-refractivity contribution in [3.05, 3.63) is 29.3 Å². The van der Waals surface area contributed by atoms with Gasteiger partial charge in [-0.15, -0.1) is 5.10 Å². The molecule has 0 aliphatic heterocycles. The van der Waals surface area contributed by atoms with Gasteiger partial charge < -0.3 is 5.11 Å². The van der Waals surface area contributed by atoms with Crippen molar-refractivity contribution in [1.29, 1.82) is 0 Å². The number of carbonyl (C=O) groups is 1. The molecule has 0 spiro atoms. The second kappa shape index (κ2) is 4.59. The van der Waals surface area contributed by atoms with Gasteiger partial charge in [0.05, 0.1) is 18.4 Å². The summed E-state index contributed by atoms with van der Waals surface area (Å²) in [5, 5.41) is 20.8. The molecular weight excluding hydrogens is 234 g/mol. The highest BCUT2D eigenvalue weighted by atomic mass is 16.4. The molecule has 2 heterocycles. The number of aromatic carboxylic acids is 1. The molecule has 18 heavy (non-hydrogen) atoms. The Kier molecular flexibility index (Phi) is 3.14. The van der Waals surface area contributed by atoms with Crippen molar-refractivity contribution >= 4 is 5.97 Å². The molecule has 0 saturated carbocycles. The fourth-order valence-corrected chi connectivity index (χ4v) is 1.89. The Hall–Kier alpha value is -2.18. The number of hydrogen-bond donors (Lipinski definition) is 1. The van der Waals surface area contributed by atoms with E-state index in [1.807, 2.05) is 27.1 Å². The van der Waals surface area contributed by atoms with Gasteiger partial charge in [-0.25, -0.2) is 9.48 Å². The van der Waals surface area contributed by atoms with Crippen LogP contribution in [0.1, 0.15) is 41.5 Å². The van der Waals surface area contributed by atoms with E-state index in [0.717, 1.165) is 5.56 Å². The molecule has 7 heteroatoms. The highest BCUT2D eigenvalue weighted by Gasteiger charge is 2.21. The minimum Gasteiger partial charge on any atom is -0.476 e. The summed E-state index contributed by atoms with van der Waals surface area (Å²) in [5.41, 5.74) is 1.61. The van der Waals surface area contributed by atoms with Gasteiger partial charge in [0.2, 0.25) is 0 Å². The first-order valence-electron chi connectivity index (χ1n) is 5.63. The van der Waals surface area contributed by atoms with E-state index < -0.39 is 5.97 Å². The van der Waals surface area contributed by atoms with Gasteiger partial charge in [-0.1, -0.05) is 19.1 Å². The van der Waals surface area contributed by atoms with E-state index in [1.54, 1.807) is 15.6 Å². The van der Waals surface area contributed by atoms with Crippen LogP contribution in [0.4, 0.5) is 0 Å². The van der Waals surface area contributed by atoms with E-state index in [2.05, 4.69) is 15.4 Å². The predicted molar refractivity (Wildman–Crippen MR) is 63.4 cm³/mol. The fourth-order valence-electron chi connectivity index (χ4n) is 1.89. The normalized spacial score (nSPS) is 11.1. The molecule has 0 bridgehead atoms. The van der Waals surface area contributed by atoms with Gasteiger partial charge in [0.1, 0.15) is 0 Å². The molecule has 0 fully saturated rings. The highest BCUT2D eigenvalue weighted by molar-refractivity contribution is 5.86. The van der Waals surface area contributed by atoms with E-state index >= 15 is 0 Å². The van der Waals surface area contributed by atoms with Gasteiger partial charge in [0, 0.05) is 18.8 Å². The summed E-state index contributed by atoms with van der Waals surface area (Å²) in [6, 6.07) is 0. The maximum atomic E-state index is 11.1. The number of rotatable bonds is 4. The zero-order valence-electron chi connectivity index (χ0n) is 10.5. The maximum absolute atomic E-state index is 11.1. The average molecular weight is 249 g/mol. The smallest absolute Gasteiger partial charge is 0.358 e. The van der Waals surface area contributed by atoms with Gasteiger partial charge in [0.15, 0.2) is 5.69 Å². The zero-order chi connectivity index (χ0) is 13.3. The van der Waals surface area contributed by atoms with Crippen molar-refractivity contribution in [3.63, 3.8) is 0 Å². The topological polar surface area (TPSA) is 85.8 Å². The first kappa shape index (κ1) is 12.3. The van der Waals surface area contributed by atoms with E-state index in [0.29, 0.717) is 12.2 Å². The zero-order valence-corrected chi connectivity index (χ0v) is 10.5. The van der Waals surface area contributed by atoms with Crippen LogP contribution in [-0.2, 0) is 13.6 Å². The first-order chi connectivity index (χ1) is 8.49. The van der Waals surface area contributed by atoms with E-state index in [1.165, 1.54) is 0 Å². The van der Waals surface area contributed by atoms with Gasteiger partial charge in [-0.3, -0.25) is 4.68 Å². The molecule has 0 aliphatic rings. The van der Waals surface area contributed by atoms with Crippen LogP contribution in [-0.4, -0.2) is 35.9 Å². The maximum Gasteiger partial charge on any atom is 0.358 e. The molecule has 0 amide bonds. The number of aryl methyl sites for hydroxylation is 1. The molecule has 0 saturated heterocycles. The van der Waals surface area contributed by atoms with Crippen molar-refractivity contribution in [3.8, 4) is 0 Å². The third kappa shape index (κ3) is 2.24. The summed E-state index contributed by atoms with van der Waals surface area (Å²) in [6.45, 7) is 4.32. The molecule has 2 rings (SSSR count). The van der Waals surface area contributed by atoms with Gasteiger partial charge in [-0.05, 0) is 5.92 Å². The van der Waals surface area contributed by atoms with Gasteiger partial charge in [-0.2, -0.15) is 5.10 Å². The average Bonchev–Trinajstić information content (AvgIpc) is 2.85. The number of hydrogen-bond acceptors (Lipinski definition) is 4. The Bertz CT molecular complexity index is 570. The third-order valence-corrected chi connectivity index (χ3v) is 2.61. The van der Waals surface area contributed by atoms with Crippen molar-refractivity contribution in [2.45, 2.75) is 26.3 Å². The summed E-state index contributed by atoms with van der Waals surface area (Å²) in [6.07, 6.45) is 3.60. The summed E-state index contributed by atoms with van der Waals surface area (Å²) < 4.78 is 3.31. The third-order valence-electron chi connectivity index (χ3n) is 2.61. The van der Waals surface area contributed by atoms with Crippen LogP contribution in [0.3, 0.4) is 0 Å². The van der Waals surface area contributed by atoms with Crippen LogP contribution in [0.15, 0.2) is 12.4 Å².